The van der Waals surface area contributed by atoms with Gasteiger partial charge < -0.3 is 9.88 Å². The first-order valence-electron chi connectivity index (χ1n) is 9.49. The van der Waals surface area contributed by atoms with Crippen molar-refractivity contribution in [3.05, 3.63) is 112 Å². The molecule has 5 heteroatoms. The van der Waals surface area contributed by atoms with Crippen LogP contribution < -0.4 is 10.9 Å². The maximum Gasteiger partial charge on any atom is 0.283 e. The average molecular weight is 383 g/mol. The maximum atomic E-state index is 13.1. The summed E-state index contributed by atoms with van der Waals surface area (Å²) in [5, 5.41) is 2.82. The van der Waals surface area contributed by atoms with Crippen molar-refractivity contribution in [1.82, 2.24) is 14.9 Å². The van der Waals surface area contributed by atoms with Crippen LogP contribution in [-0.2, 0) is 13.1 Å². The Labute approximate surface area is 168 Å². The molecule has 29 heavy (non-hydrogen) atoms. The summed E-state index contributed by atoms with van der Waals surface area (Å²) in [6.07, 6.45) is 0. The molecule has 0 saturated heterocycles. The molecule has 1 heterocycles. The number of rotatable bonds is 5. The van der Waals surface area contributed by atoms with Crippen LogP contribution in [-0.4, -0.2) is 15.5 Å². The molecule has 0 spiro atoms. The number of hydrogen-bond donors (Lipinski definition) is 1. The summed E-state index contributed by atoms with van der Waals surface area (Å²) in [4.78, 5) is 30.2. The van der Waals surface area contributed by atoms with E-state index in [2.05, 4.69) is 10.3 Å². The Hall–Kier alpha value is -3.73. The number of para-hydroxylation sites is 2. The molecule has 5 nitrogen and oxygen atoms in total. The van der Waals surface area contributed by atoms with Crippen molar-refractivity contribution in [2.24, 2.45) is 0 Å². The minimum atomic E-state index is -0.469. The first-order chi connectivity index (χ1) is 14.1. The van der Waals surface area contributed by atoms with E-state index in [1.54, 1.807) is 4.57 Å². The van der Waals surface area contributed by atoms with Crippen LogP contribution in [0.25, 0.3) is 11.0 Å². The molecule has 4 aromatic rings. The standard InChI is InChI=1S/C24H21N3O2/c1-17-11-13-18(14-12-17)15-25-23(28)22-24(29)27(16-19-7-3-2-4-8-19)21-10-6-5-9-20(21)26-22/h2-14H,15-16H2,1H3,(H,25,28). The largest absolute Gasteiger partial charge is 0.346 e. The summed E-state index contributed by atoms with van der Waals surface area (Å²) in [5.41, 5.74) is 3.94. The van der Waals surface area contributed by atoms with E-state index in [0.29, 0.717) is 24.1 Å². The van der Waals surface area contributed by atoms with Crippen molar-refractivity contribution in [2.45, 2.75) is 20.0 Å². The molecule has 1 amide bonds. The van der Waals surface area contributed by atoms with Gasteiger partial charge in [0.2, 0.25) is 0 Å². The topological polar surface area (TPSA) is 64.0 Å². The molecule has 0 saturated carbocycles. The fourth-order valence-corrected chi connectivity index (χ4v) is 3.24. The lowest BCUT2D eigenvalue weighted by Gasteiger charge is -2.12. The van der Waals surface area contributed by atoms with Crippen molar-refractivity contribution >= 4 is 16.9 Å². The summed E-state index contributed by atoms with van der Waals surface area (Å²) in [6.45, 7) is 2.73. The van der Waals surface area contributed by atoms with Crippen molar-refractivity contribution in [2.75, 3.05) is 0 Å². The van der Waals surface area contributed by atoms with Gasteiger partial charge >= 0.3 is 0 Å². The van der Waals surface area contributed by atoms with Crippen molar-refractivity contribution in [3.63, 3.8) is 0 Å². The predicted molar refractivity (Wildman–Crippen MR) is 114 cm³/mol. The number of aromatic nitrogens is 2. The summed E-state index contributed by atoms with van der Waals surface area (Å²) >= 11 is 0. The third-order valence-corrected chi connectivity index (χ3v) is 4.82. The van der Waals surface area contributed by atoms with Crippen LogP contribution in [0.1, 0.15) is 27.2 Å². The zero-order valence-electron chi connectivity index (χ0n) is 16.1. The molecule has 0 radical (unpaired) electrons. The molecule has 3 aromatic carbocycles. The van der Waals surface area contributed by atoms with Crippen LogP contribution in [0.4, 0.5) is 0 Å². The van der Waals surface area contributed by atoms with Crippen LogP contribution in [0.3, 0.4) is 0 Å². The van der Waals surface area contributed by atoms with E-state index in [0.717, 1.165) is 16.7 Å². The summed E-state index contributed by atoms with van der Waals surface area (Å²) in [5.74, 6) is -0.469. The SMILES string of the molecule is Cc1ccc(CNC(=O)c2nc3ccccc3n(Cc3ccccc3)c2=O)cc1. The second kappa shape index (κ2) is 8.10. The number of nitrogens with one attached hydrogen (secondary N) is 1. The van der Waals surface area contributed by atoms with Gasteiger partial charge in [0.15, 0.2) is 5.69 Å². The highest BCUT2D eigenvalue weighted by atomic mass is 16.2. The number of benzene rings is 3. The van der Waals surface area contributed by atoms with Crippen molar-refractivity contribution < 1.29 is 4.79 Å². The van der Waals surface area contributed by atoms with Gasteiger partial charge in [-0.15, -0.1) is 0 Å². The Bertz CT molecular complexity index is 1210. The molecule has 0 atom stereocenters. The van der Waals surface area contributed by atoms with Crippen LogP contribution >= 0.6 is 0 Å². The highest BCUT2D eigenvalue weighted by molar-refractivity contribution is 5.93. The predicted octanol–water partition coefficient (Wildman–Crippen LogP) is 3.68. The second-order valence-electron chi connectivity index (χ2n) is 6.99. The highest BCUT2D eigenvalue weighted by Crippen LogP contribution is 2.12. The lowest BCUT2D eigenvalue weighted by Crippen LogP contribution is -2.34. The number of hydrogen-bond acceptors (Lipinski definition) is 3. The molecule has 0 aliphatic rings. The van der Waals surface area contributed by atoms with E-state index in [4.69, 9.17) is 0 Å². The Morgan fingerprint density at radius 1 is 0.897 bits per heavy atom. The van der Waals surface area contributed by atoms with Crippen LogP contribution in [0.15, 0.2) is 83.7 Å². The first kappa shape index (κ1) is 18.6. The van der Waals surface area contributed by atoms with Gasteiger partial charge in [-0.05, 0) is 30.2 Å². The number of aryl methyl sites for hydroxylation is 1. The molecule has 1 N–H and O–H groups in total. The number of carbonyl (C=O) groups is 1. The summed E-state index contributed by atoms with van der Waals surface area (Å²) < 4.78 is 1.61. The molecule has 0 aliphatic heterocycles. The Morgan fingerprint density at radius 3 is 2.34 bits per heavy atom. The normalized spacial score (nSPS) is 10.8. The minimum absolute atomic E-state index is 0.0910. The fraction of sp³-hybridized carbons (Fsp3) is 0.125. The summed E-state index contributed by atoms with van der Waals surface area (Å²) in [6, 6.07) is 25.0. The van der Waals surface area contributed by atoms with Crippen LogP contribution in [0.2, 0.25) is 0 Å². The zero-order valence-corrected chi connectivity index (χ0v) is 16.1. The number of carbonyl (C=O) groups excluding carboxylic acids is 1. The van der Waals surface area contributed by atoms with E-state index in [1.165, 1.54) is 0 Å². The molecule has 144 valence electrons. The highest BCUT2D eigenvalue weighted by Gasteiger charge is 2.17. The monoisotopic (exact) mass is 383 g/mol. The minimum Gasteiger partial charge on any atom is -0.346 e. The summed E-state index contributed by atoms with van der Waals surface area (Å²) in [7, 11) is 0. The van der Waals surface area contributed by atoms with E-state index in [9.17, 15) is 9.59 Å². The smallest absolute Gasteiger partial charge is 0.283 e. The Kier molecular flexibility index (Phi) is 5.20. The Balaban J connectivity index is 1.68. The van der Waals surface area contributed by atoms with Crippen LogP contribution in [0.5, 0.6) is 0 Å². The molecular formula is C24H21N3O2. The molecule has 0 fully saturated rings. The fourth-order valence-electron chi connectivity index (χ4n) is 3.24. The van der Waals surface area contributed by atoms with Gasteiger partial charge in [-0.2, -0.15) is 0 Å². The molecule has 0 bridgehead atoms. The molecule has 1 aromatic heterocycles. The van der Waals surface area contributed by atoms with E-state index >= 15 is 0 Å². The third-order valence-electron chi connectivity index (χ3n) is 4.82. The lowest BCUT2D eigenvalue weighted by molar-refractivity contribution is 0.0944. The van der Waals surface area contributed by atoms with Gasteiger partial charge in [0.05, 0.1) is 17.6 Å². The van der Waals surface area contributed by atoms with Gasteiger partial charge in [0.25, 0.3) is 11.5 Å². The van der Waals surface area contributed by atoms with Crippen LogP contribution in [0, 0.1) is 6.92 Å². The van der Waals surface area contributed by atoms with Gasteiger partial charge in [0.1, 0.15) is 0 Å². The quantitative estimate of drug-likeness (QED) is 0.572. The molecule has 0 aliphatic carbocycles. The molecule has 4 rings (SSSR count). The van der Waals surface area contributed by atoms with E-state index in [-0.39, 0.29) is 5.69 Å². The zero-order chi connectivity index (χ0) is 20.2. The van der Waals surface area contributed by atoms with Crippen molar-refractivity contribution in [3.8, 4) is 0 Å². The maximum absolute atomic E-state index is 13.1. The number of amides is 1. The van der Waals surface area contributed by atoms with Crippen molar-refractivity contribution in [1.29, 1.82) is 0 Å². The van der Waals surface area contributed by atoms with Gasteiger partial charge in [-0.25, -0.2) is 4.98 Å². The lowest BCUT2D eigenvalue weighted by atomic mass is 10.1. The van der Waals surface area contributed by atoms with Gasteiger partial charge in [-0.1, -0.05) is 72.3 Å². The van der Waals surface area contributed by atoms with Gasteiger partial charge in [0, 0.05) is 6.54 Å². The number of fused-ring (bicyclic) bond motifs is 1. The third kappa shape index (κ3) is 4.09. The number of nitrogens with zero attached hydrogens (tertiary/aromatic N) is 2. The molecule has 0 unspecified atom stereocenters. The van der Waals surface area contributed by atoms with E-state index < -0.39 is 11.5 Å². The first-order valence-corrected chi connectivity index (χ1v) is 9.49. The van der Waals surface area contributed by atoms with E-state index in [1.807, 2.05) is 85.8 Å². The molecular weight excluding hydrogens is 362 g/mol. The Morgan fingerprint density at radius 2 is 1.59 bits per heavy atom. The van der Waals surface area contributed by atoms with Gasteiger partial charge in [-0.3, -0.25) is 9.59 Å². The second-order valence-corrected chi connectivity index (χ2v) is 6.99. The average Bonchev–Trinajstić information content (AvgIpc) is 2.75.